The molecule has 0 bridgehead atoms. The Kier molecular flexibility index (Phi) is 4.08. The highest BCUT2D eigenvalue weighted by Crippen LogP contribution is 2.23. The first-order valence-electron chi connectivity index (χ1n) is 8.15. The second-order valence-corrected chi connectivity index (χ2v) is 6.64. The molecule has 0 fully saturated rings. The van der Waals surface area contributed by atoms with Gasteiger partial charge in [0.2, 0.25) is 0 Å². The minimum Gasteiger partial charge on any atom is -0.340 e. The maximum absolute atomic E-state index is 12.6. The topological polar surface area (TPSA) is 22.0 Å². The summed E-state index contributed by atoms with van der Waals surface area (Å²) in [6.45, 7) is 8.88. The summed E-state index contributed by atoms with van der Waals surface area (Å²) < 4.78 is 2.04. The number of ketones is 1. The fourth-order valence-electron chi connectivity index (χ4n) is 2.88. The van der Waals surface area contributed by atoms with E-state index in [4.69, 9.17) is 0 Å². The molecule has 0 spiro atoms. The van der Waals surface area contributed by atoms with Gasteiger partial charge < -0.3 is 4.57 Å². The van der Waals surface area contributed by atoms with E-state index in [1.807, 2.05) is 35.9 Å². The molecule has 3 aromatic rings. The Labute approximate surface area is 137 Å². The molecule has 0 N–H and O–H groups in total. The van der Waals surface area contributed by atoms with Crippen molar-refractivity contribution in [3.05, 3.63) is 70.9 Å². The van der Waals surface area contributed by atoms with Gasteiger partial charge in [-0.1, -0.05) is 32.0 Å². The van der Waals surface area contributed by atoms with Gasteiger partial charge in [0.1, 0.15) is 0 Å². The number of rotatable bonds is 4. The molecule has 2 heteroatoms. The van der Waals surface area contributed by atoms with Crippen LogP contribution in [0.5, 0.6) is 0 Å². The molecule has 1 aromatic heterocycles. The Morgan fingerprint density at radius 1 is 1.00 bits per heavy atom. The maximum Gasteiger partial charge on any atom is 0.182 e. The second-order valence-electron chi connectivity index (χ2n) is 6.64. The number of hydrogen-bond donors (Lipinski definition) is 0. The zero-order valence-electron chi connectivity index (χ0n) is 14.3. The molecule has 118 valence electrons. The van der Waals surface area contributed by atoms with E-state index in [1.165, 1.54) is 16.5 Å². The van der Waals surface area contributed by atoms with Gasteiger partial charge in [0.15, 0.2) is 5.78 Å². The van der Waals surface area contributed by atoms with E-state index in [1.54, 1.807) is 0 Å². The average Bonchev–Trinajstić information content (AvgIpc) is 2.92. The van der Waals surface area contributed by atoms with E-state index in [0.717, 1.165) is 16.6 Å². The first-order valence-corrected chi connectivity index (χ1v) is 8.15. The predicted molar refractivity (Wildman–Crippen MR) is 96.3 cm³/mol. The van der Waals surface area contributed by atoms with Crippen molar-refractivity contribution >= 4 is 16.7 Å². The first-order chi connectivity index (χ1) is 11.0. The van der Waals surface area contributed by atoms with Crippen molar-refractivity contribution in [2.45, 2.75) is 40.2 Å². The fraction of sp³-hybridized carbons (Fsp3) is 0.286. The number of aromatic nitrogens is 1. The molecule has 0 aliphatic rings. The lowest BCUT2D eigenvalue weighted by Gasteiger charge is -2.09. The molecule has 0 aliphatic heterocycles. The Balaban J connectivity index is 1.89. The standard InChI is InChI=1S/C21H23NO/c1-14(2)17-7-8-20-18(12-17)9-10-22(20)13-21(23)19-6-5-15(3)16(4)11-19/h5-12,14H,13H2,1-4H3. The van der Waals surface area contributed by atoms with Gasteiger partial charge in [-0.15, -0.1) is 0 Å². The van der Waals surface area contributed by atoms with Crippen LogP contribution in [0, 0.1) is 13.8 Å². The Hall–Kier alpha value is -2.35. The van der Waals surface area contributed by atoms with Crippen molar-refractivity contribution in [2.24, 2.45) is 0 Å². The minimum absolute atomic E-state index is 0.151. The largest absolute Gasteiger partial charge is 0.340 e. The Bertz CT molecular complexity index is 871. The lowest BCUT2D eigenvalue weighted by atomic mass is 10.0. The van der Waals surface area contributed by atoms with Crippen molar-refractivity contribution in [3.63, 3.8) is 0 Å². The third-order valence-corrected chi connectivity index (χ3v) is 4.60. The number of nitrogens with zero attached hydrogens (tertiary/aromatic N) is 1. The number of carbonyl (C=O) groups excluding carboxylic acids is 1. The minimum atomic E-state index is 0.151. The number of Topliss-reactive ketones (excluding diaryl/α,β-unsaturated/α-hetero) is 1. The predicted octanol–water partition coefficient (Wildman–Crippen LogP) is 5.26. The van der Waals surface area contributed by atoms with E-state index < -0.39 is 0 Å². The molecule has 0 unspecified atom stereocenters. The van der Waals surface area contributed by atoms with E-state index in [-0.39, 0.29) is 5.78 Å². The smallest absolute Gasteiger partial charge is 0.182 e. The van der Waals surface area contributed by atoms with E-state index in [0.29, 0.717) is 12.5 Å². The molecule has 1 heterocycles. The molecule has 0 atom stereocenters. The van der Waals surface area contributed by atoms with Crippen molar-refractivity contribution in [1.29, 1.82) is 0 Å². The molecule has 0 radical (unpaired) electrons. The summed E-state index contributed by atoms with van der Waals surface area (Å²) in [6, 6.07) is 14.5. The molecule has 0 saturated heterocycles. The summed E-state index contributed by atoms with van der Waals surface area (Å²) in [4.78, 5) is 12.6. The SMILES string of the molecule is Cc1ccc(C(=O)Cn2ccc3cc(C(C)C)ccc32)cc1C. The Morgan fingerprint density at radius 3 is 2.48 bits per heavy atom. The second kappa shape index (κ2) is 6.04. The number of fused-ring (bicyclic) bond motifs is 1. The highest BCUT2D eigenvalue weighted by molar-refractivity contribution is 5.97. The van der Waals surface area contributed by atoms with Crippen LogP contribution >= 0.6 is 0 Å². The molecule has 0 saturated carbocycles. The molecular weight excluding hydrogens is 282 g/mol. The van der Waals surface area contributed by atoms with Crippen LogP contribution in [0.3, 0.4) is 0 Å². The van der Waals surface area contributed by atoms with Crippen LogP contribution in [0.4, 0.5) is 0 Å². The number of carbonyl (C=O) groups is 1. The summed E-state index contributed by atoms with van der Waals surface area (Å²) in [7, 11) is 0. The van der Waals surface area contributed by atoms with Gasteiger partial charge in [0.25, 0.3) is 0 Å². The zero-order valence-corrected chi connectivity index (χ0v) is 14.3. The van der Waals surface area contributed by atoms with Gasteiger partial charge in [-0.2, -0.15) is 0 Å². The average molecular weight is 305 g/mol. The maximum atomic E-state index is 12.6. The summed E-state index contributed by atoms with van der Waals surface area (Å²) >= 11 is 0. The summed E-state index contributed by atoms with van der Waals surface area (Å²) in [5.74, 6) is 0.665. The molecule has 3 rings (SSSR count). The molecular formula is C21H23NO. The van der Waals surface area contributed by atoms with E-state index in [9.17, 15) is 4.79 Å². The highest BCUT2D eigenvalue weighted by Gasteiger charge is 2.10. The van der Waals surface area contributed by atoms with Crippen LogP contribution < -0.4 is 0 Å². The van der Waals surface area contributed by atoms with Crippen LogP contribution in [0.15, 0.2) is 48.7 Å². The van der Waals surface area contributed by atoms with E-state index >= 15 is 0 Å². The number of hydrogen-bond acceptors (Lipinski definition) is 1. The van der Waals surface area contributed by atoms with Crippen molar-refractivity contribution < 1.29 is 4.79 Å². The summed E-state index contributed by atoms with van der Waals surface area (Å²) in [5.41, 5.74) is 5.61. The van der Waals surface area contributed by atoms with Crippen molar-refractivity contribution in [2.75, 3.05) is 0 Å². The van der Waals surface area contributed by atoms with Crippen LogP contribution in [-0.4, -0.2) is 10.4 Å². The summed E-state index contributed by atoms with van der Waals surface area (Å²) in [5, 5.41) is 1.20. The van der Waals surface area contributed by atoms with Crippen LogP contribution in [0.25, 0.3) is 10.9 Å². The number of aryl methyl sites for hydroxylation is 2. The van der Waals surface area contributed by atoms with Gasteiger partial charge in [0.05, 0.1) is 6.54 Å². The first kappa shape index (κ1) is 15.5. The van der Waals surface area contributed by atoms with Crippen LogP contribution in [-0.2, 0) is 6.54 Å². The van der Waals surface area contributed by atoms with Gasteiger partial charge in [-0.3, -0.25) is 4.79 Å². The number of benzene rings is 2. The monoisotopic (exact) mass is 305 g/mol. The normalized spacial score (nSPS) is 11.3. The van der Waals surface area contributed by atoms with Gasteiger partial charge >= 0.3 is 0 Å². The van der Waals surface area contributed by atoms with Crippen LogP contribution in [0.2, 0.25) is 0 Å². The quantitative estimate of drug-likeness (QED) is 0.602. The molecule has 23 heavy (non-hydrogen) atoms. The van der Waals surface area contributed by atoms with Crippen LogP contribution in [0.1, 0.15) is 46.8 Å². The molecule has 2 aromatic carbocycles. The lowest BCUT2D eigenvalue weighted by Crippen LogP contribution is -2.10. The molecule has 0 amide bonds. The third kappa shape index (κ3) is 3.07. The highest BCUT2D eigenvalue weighted by atomic mass is 16.1. The Morgan fingerprint density at radius 2 is 1.78 bits per heavy atom. The lowest BCUT2D eigenvalue weighted by molar-refractivity contribution is 0.0973. The van der Waals surface area contributed by atoms with Gasteiger partial charge in [-0.25, -0.2) is 0 Å². The van der Waals surface area contributed by atoms with Gasteiger partial charge in [-0.05, 0) is 66.1 Å². The third-order valence-electron chi connectivity index (χ3n) is 4.60. The van der Waals surface area contributed by atoms with E-state index in [2.05, 4.69) is 45.0 Å². The zero-order chi connectivity index (χ0) is 16.6. The molecule has 2 nitrogen and oxygen atoms in total. The molecule has 0 aliphatic carbocycles. The van der Waals surface area contributed by atoms with Crippen molar-refractivity contribution in [3.8, 4) is 0 Å². The van der Waals surface area contributed by atoms with Gasteiger partial charge in [0, 0.05) is 17.3 Å². The van der Waals surface area contributed by atoms with Crippen molar-refractivity contribution in [1.82, 2.24) is 4.57 Å². The summed E-state index contributed by atoms with van der Waals surface area (Å²) in [6.07, 6.45) is 2.01. The fourth-order valence-corrected chi connectivity index (χ4v) is 2.88.